The van der Waals surface area contributed by atoms with Gasteiger partial charge in [0.05, 0.1) is 0 Å². The summed E-state index contributed by atoms with van der Waals surface area (Å²) in [5.74, 6) is 0. The van der Waals surface area contributed by atoms with Crippen LogP contribution >= 0.6 is 0 Å². The Hall–Kier alpha value is -9.64. The summed E-state index contributed by atoms with van der Waals surface area (Å²) < 4.78 is 147. The van der Waals surface area contributed by atoms with Gasteiger partial charge in [-0.3, -0.25) is 0 Å². The molecule has 0 amide bonds. The number of aryl methyl sites for hydroxylation is 14. The zero-order valence-electron chi connectivity index (χ0n) is 68.0. The normalized spacial score (nSPS) is 14.7. The first kappa shape index (κ1) is 41.4. The molecule has 0 aliphatic rings. The van der Waals surface area contributed by atoms with Crippen molar-refractivity contribution in [1.29, 1.82) is 0 Å². The molecule has 4 nitrogen and oxygen atoms in total. The molecule has 0 N–H and O–H groups in total. The number of hydrogen-bond acceptors (Lipinski definition) is 0. The first-order chi connectivity index (χ1) is 48.7. The van der Waals surface area contributed by atoms with Crippen LogP contribution in [-0.4, -0.2) is 0 Å². The van der Waals surface area contributed by atoms with E-state index in [1.807, 2.05) is 214 Å². The third-order valence-electron chi connectivity index (χ3n) is 15.3. The number of nitrogens with zero attached hydrogens (tertiary/aromatic N) is 4. The molecule has 428 valence electrons. The van der Waals surface area contributed by atoms with Gasteiger partial charge in [0.25, 0.3) is 0 Å². The molecule has 0 bridgehead atoms. The number of benzene rings is 8. The van der Waals surface area contributed by atoms with Crippen LogP contribution in [0, 0.1) is 68.8 Å². The molecule has 0 fully saturated rings. The molecule has 86 heavy (non-hydrogen) atoms. The van der Waals surface area contributed by atoms with E-state index in [1.165, 1.54) is 23.4 Å². The number of aromatic nitrogens is 4. The Balaban J connectivity index is 0.000000161. The third kappa shape index (κ3) is 14.6. The highest BCUT2D eigenvalue weighted by molar-refractivity contribution is 5.77. The highest BCUT2D eigenvalue weighted by Gasteiger charge is 2.19. The highest BCUT2D eigenvalue weighted by atomic mass is 14.9. The number of rotatable bonds is 8. The molecule has 0 spiro atoms. The average molecular weight is 1140 g/mol. The van der Waals surface area contributed by atoms with Gasteiger partial charge in [-0.1, -0.05) is 158 Å². The van der Waals surface area contributed by atoms with Crippen LogP contribution in [0.25, 0.3) is 89.5 Å². The lowest BCUT2D eigenvalue weighted by atomic mass is 9.93. The Morgan fingerprint density at radius 3 is 1.01 bits per heavy atom. The first-order valence-corrected chi connectivity index (χ1v) is 28.4. The molecule has 4 heterocycles. The molecule has 12 rings (SSSR count). The maximum atomic E-state index is 8.01. The molecule has 0 aliphatic carbocycles. The summed E-state index contributed by atoms with van der Waals surface area (Å²) in [7, 11) is 7.35. The number of pyridine rings is 4. The van der Waals surface area contributed by atoms with E-state index in [1.54, 1.807) is 59.9 Å². The molecule has 0 atom stereocenters. The van der Waals surface area contributed by atoms with Crippen molar-refractivity contribution in [3.63, 3.8) is 0 Å². The van der Waals surface area contributed by atoms with Crippen molar-refractivity contribution in [2.75, 3.05) is 0 Å². The summed E-state index contributed by atoms with van der Waals surface area (Å²) in [4.78, 5) is 0. The summed E-state index contributed by atoms with van der Waals surface area (Å²) in [5.41, 5.74) is 20.0. The van der Waals surface area contributed by atoms with E-state index in [4.69, 9.17) is 24.7 Å². The Labute approximate surface area is 538 Å². The van der Waals surface area contributed by atoms with Crippen LogP contribution in [0.5, 0.6) is 0 Å². The second-order valence-corrected chi connectivity index (χ2v) is 21.6. The summed E-state index contributed by atoms with van der Waals surface area (Å²) in [6, 6.07) is 73.5. The SMILES string of the molecule is [2H]C([2H])([2H])c1cc(-c2ccc(-c3ccccc3)cc2C)[n+](C)cc1C([2H])([2H])[2H].[2H]C([2H])([2H])c1cc(-c2cccc[n+]2C)c(C)cc1-c1ccccc1.[2H]C([2H])([2H])c1ccc(-c2cc(C([2H])([2H])[2H])c(-c3ccccc3)cc2C)[n+](C)c1.[2H]C([2H])([2H])c1ccc(-c2ccc(-c3ccccc3)cc2C)[n+](C)c1. The first-order valence-electron chi connectivity index (χ1n) is 37.4. The van der Waals surface area contributed by atoms with E-state index >= 15 is 0 Å². The molecule has 4 heteroatoms. The lowest BCUT2D eigenvalue weighted by Crippen LogP contribution is -2.31. The summed E-state index contributed by atoms with van der Waals surface area (Å²) in [5, 5.41) is 0. The van der Waals surface area contributed by atoms with Gasteiger partial charge in [0, 0.05) is 93.9 Å². The topological polar surface area (TPSA) is 15.5 Å². The molecule has 12 aromatic rings. The van der Waals surface area contributed by atoms with Crippen LogP contribution in [-0.2, 0) is 28.2 Å². The lowest BCUT2D eigenvalue weighted by molar-refractivity contribution is -0.660. The van der Waals surface area contributed by atoms with Gasteiger partial charge in [0.2, 0.25) is 22.8 Å². The molecule has 0 radical (unpaired) electrons. The van der Waals surface area contributed by atoms with Gasteiger partial charge in [-0.25, -0.2) is 18.3 Å². The molecule has 0 saturated carbocycles. The average Bonchev–Trinajstić information content (AvgIpc) is 0.778. The lowest BCUT2D eigenvalue weighted by Gasteiger charge is -2.12. The third-order valence-corrected chi connectivity index (χ3v) is 15.3. The van der Waals surface area contributed by atoms with E-state index in [9.17, 15) is 0 Å². The van der Waals surface area contributed by atoms with E-state index in [2.05, 4.69) is 43.3 Å². The predicted molar refractivity (Wildman–Crippen MR) is 361 cm³/mol. The molecular weight excluding hydrogens is 1040 g/mol. The largest absolute Gasteiger partial charge is 0.212 e. The Morgan fingerprint density at radius 1 is 0.233 bits per heavy atom. The number of hydrogen-bond donors (Lipinski definition) is 0. The van der Waals surface area contributed by atoms with Gasteiger partial charge in [-0.2, -0.15) is 0 Å². The summed E-state index contributed by atoms with van der Waals surface area (Å²) in [6.07, 6.45) is 6.64. The van der Waals surface area contributed by atoms with Gasteiger partial charge >= 0.3 is 0 Å². The molecule has 8 aromatic carbocycles. The fourth-order valence-corrected chi connectivity index (χ4v) is 10.7. The van der Waals surface area contributed by atoms with Gasteiger partial charge in [-0.15, -0.1) is 0 Å². The molecule has 0 unspecified atom stereocenters. The van der Waals surface area contributed by atoms with Crippen LogP contribution in [0.2, 0.25) is 0 Å². The fourth-order valence-electron chi connectivity index (χ4n) is 10.7. The maximum absolute atomic E-state index is 8.01. The zero-order valence-corrected chi connectivity index (χ0v) is 50.0. The molecular formula is C82H84N4+4. The molecule has 4 aromatic heterocycles. The van der Waals surface area contributed by atoms with Crippen molar-refractivity contribution in [2.24, 2.45) is 28.2 Å². The van der Waals surface area contributed by atoms with Crippen molar-refractivity contribution < 1.29 is 42.9 Å². The van der Waals surface area contributed by atoms with Crippen molar-refractivity contribution in [3.8, 4) is 89.5 Å². The summed E-state index contributed by atoms with van der Waals surface area (Å²) >= 11 is 0. The second kappa shape index (κ2) is 27.8. The standard InChI is InChI=1S/2C21H22N.2C20H20N/c1-15-13-21(22(4)14-17(15)3)20-11-10-19(12-16(20)2)18-8-6-5-7-9-18;1-15-10-11-21(22(4)14-15)20-13-16(2)19(12-17(20)3)18-8-6-5-7-9-18;1-15-14-19(20-11-7-8-12-21(20)3)16(2)13-18(15)17-9-5-4-6-10-17;1-15-9-12-20(21(3)14-15)19-11-10-18(13-16(19)2)17-7-5-4-6-8-17/h2*5-14H,1-4H3;2*4-14H,1-3H3/q4*+1/i1D3,3D3;1D3,2D3;2*1D3. The monoisotopic (exact) mass is 1140 g/mol. The van der Waals surface area contributed by atoms with Crippen molar-refractivity contribution in [1.82, 2.24) is 0 Å². The van der Waals surface area contributed by atoms with Crippen LogP contribution in [0.1, 0.15) is 80.3 Å². The second-order valence-electron chi connectivity index (χ2n) is 21.6. The van der Waals surface area contributed by atoms with Gasteiger partial charge in [0.1, 0.15) is 28.2 Å². The molecule has 0 aliphatic heterocycles. The van der Waals surface area contributed by atoms with E-state index in [0.29, 0.717) is 22.4 Å². The van der Waals surface area contributed by atoms with Crippen LogP contribution in [0.15, 0.2) is 255 Å². The minimum absolute atomic E-state index is 0.132. The minimum Gasteiger partial charge on any atom is -0.201 e. The van der Waals surface area contributed by atoms with Crippen molar-refractivity contribution in [2.45, 2.75) is 68.8 Å². The molecule has 0 saturated heterocycles. The minimum atomic E-state index is -2.51. The van der Waals surface area contributed by atoms with Crippen molar-refractivity contribution >= 4 is 0 Å². The van der Waals surface area contributed by atoms with E-state index in [-0.39, 0.29) is 22.3 Å². The van der Waals surface area contributed by atoms with Crippen LogP contribution in [0.3, 0.4) is 0 Å². The Bertz CT molecular complexity index is 5000. The van der Waals surface area contributed by atoms with E-state index < -0.39 is 41.1 Å². The Morgan fingerprint density at radius 2 is 0.605 bits per heavy atom. The van der Waals surface area contributed by atoms with E-state index in [0.717, 1.165) is 89.4 Å². The quantitative estimate of drug-likeness (QED) is 0.135. The predicted octanol–water partition coefficient (Wildman–Crippen LogP) is 18.5. The zero-order chi connectivity index (χ0) is 76.0. The Kier molecular flexibility index (Phi) is 13.4. The smallest absolute Gasteiger partial charge is 0.201 e. The van der Waals surface area contributed by atoms with Gasteiger partial charge in [0.15, 0.2) is 24.8 Å². The van der Waals surface area contributed by atoms with Gasteiger partial charge in [-0.05, 0) is 195 Å². The highest BCUT2D eigenvalue weighted by Crippen LogP contribution is 2.33. The fraction of sp³-hybridized carbons (Fsp3) is 0.171. The van der Waals surface area contributed by atoms with Crippen LogP contribution < -0.4 is 18.3 Å². The summed E-state index contributed by atoms with van der Waals surface area (Å²) in [6.45, 7) is -5.70. The van der Waals surface area contributed by atoms with Crippen LogP contribution in [0.4, 0.5) is 0 Å². The maximum Gasteiger partial charge on any atom is 0.212 e. The van der Waals surface area contributed by atoms with Gasteiger partial charge < -0.3 is 0 Å². The van der Waals surface area contributed by atoms with Crippen molar-refractivity contribution in [3.05, 3.63) is 311 Å².